The summed E-state index contributed by atoms with van der Waals surface area (Å²) in [5.41, 5.74) is 1.48. The van der Waals surface area contributed by atoms with Crippen LogP contribution >= 0.6 is 11.3 Å². The molecule has 1 N–H and O–H groups in total. The second kappa shape index (κ2) is 9.85. The first-order valence-corrected chi connectivity index (χ1v) is 13.3. The SMILES string of the molecule is Cn1c(=O)c2c(-c3cccc(C(=O)O)c3)n(Cc3cccc4ccccc34)nc2n(CCc2cccs2)c1=O. The topological polar surface area (TPSA) is 99.1 Å². The number of carboxylic acids is 1. The lowest BCUT2D eigenvalue weighted by molar-refractivity contribution is 0.0697. The van der Waals surface area contributed by atoms with E-state index in [1.807, 2.05) is 60.0 Å². The molecule has 9 heteroatoms. The molecular weight excluding hydrogens is 512 g/mol. The molecule has 0 aliphatic rings. The molecule has 0 fully saturated rings. The van der Waals surface area contributed by atoms with Crippen molar-refractivity contribution in [2.45, 2.75) is 19.5 Å². The molecule has 194 valence electrons. The highest BCUT2D eigenvalue weighted by molar-refractivity contribution is 7.09. The van der Waals surface area contributed by atoms with Crippen LogP contribution in [0.25, 0.3) is 33.1 Å². The Kier molecular flexibility index (Phi) is 6.20. The normalized spacial score (nSPS) is 11.4. The number of aryl methyl sites for hydroxylation is 2. The van der Waals surface area contributed by atoms with Gasteiger partial charge in [-0.1, -0.05) is 60.7 Å². The van der Waals surface area contributed by atoms with Crippen LogP contribution in [-0.2, 0) is 26.6 Å². The molecule has 39 heavy (non-hydrogen) atoms. The van der Waals surface area contributed by atoms with Crippen LogP contribution in [0.5, 0.6) is 0 Å². The summed E-state index contributed by atoms with van der Waals surface area (Å²) in [5.74, 6) is -1.07. The molecule has 3 heterocycles. The summed E-state index contributed by atoms with van der Waals surface area (Å²) in [6.07, 6.45) is 0.616. The van der Waals surface area contributed by atoms with E-state index in [9.17, 15) is 19.5 Å². The van der Waals surface area contributed by atoms with Crippen molar-refractivity contribution in [1.29, 1.82) is 0 Å². The first-order chi connectivity index (χ1) is 18.9. The fraction of sp³-hybridized carbons (Fsp3) is 0.133. The Morgan fingerprint density at radius 2 is 1.77 bits per heavy atom. The highest BCUT2D eigenvalue weighted by Crippen LogP contribution is 2.29. The largest absolute Gasteiger partial charge is 0.478 e. The second-order valence-electron chi connectivity index (χ2n) is 9.36. The molecule has 0 bridgehead atoms. The fourth-order valence-corrected chi connectivity index (χ4v) is 5.74. The van der Waals surface area contributed by atoms with Gasteiger partial charge < -0.3 is 5.11 Å². The third-order valence-electron chi connectivity index (χ3n) is 6.97. The highest BCUT2D eigenvalue weighted by Gasteiger charge is 2.23. The van der Waals surface area contributed by atoms with Gasteiger partial charge in [-0.05, 0) is 46.3 Å². The molecular formula is C30H24N4O4S. The Morgan fingerprint density at radius 1 is 0.974 bits per heavy atom. The number of aromatic carboxylic acids is 1. The molecule has 0 saturated carbocycles. The number of aromatic nitrogens is 4. The third-order valence-corrected chi connectivity index (χ3v) is 7.91. The third kappa shape index (κ3) is 4.36. The number of carbonyl (C=O) groups is 1. The van der Waals surface area contributed by atoms with Crippen LogP contribution in [0.2, 0.25) is 0 Å². The number of nitrogens with zero attached hydrogens (tertiary/aromatic N) is 4. The van der Waals surface area contributed by atoms with Gasteiger partial charge in [0.25, 0.3) is 5.56 Å². The van der Waals surface area contributed by atoms with E-state index in [-0.39, 0.29) is 16.6 Å². The zero-order valence-corrected chi connectivity index (χ0v) is 21.9. The maximum Gasteiger partial charge on any atom is 0.335 e. The zero-order valence-electron chi connectivity index (χ0n) is 21.1. The van der Waals surface area contributed by atoms with Crippen molar-refractivity contribution >= 4 is 39.1 Å². The van der Waals surface area contributed by atoms with E-state index in [2.05, 4.69) is 0 Å². The average molecular weight is 537 g/mol. The van der Waals surface area contributed by atoms with Crippen molar-refractivity contribution in [2.75, 3.05) is 0 Å². The van der Waals surface area contributed by atoms with Crippen LogP contribution in [0.3, 0.4) is 0 Å². The van der Waals surface area contributed by atoms with Crippen LogP contribution in [0.4, 0.5) is 0 Å². The lowest BCUT2D eigenvalue weighted by atomic mass is 10.0. The molecule has 3 aromatic heterocycles. The lowest BCUT2D eigenvalue weighted by Crippen LogP contribution is -2.38. The maximum atomic E-state index is 13.6. The van der Waals surface area contributed by atoms with Crippen LogP contribution < -0.4 is 11.2 Å². The summed E-state index contributed by atoms with van der Waals surface area (Å²) in [6.45, 7) is 0.675. The van der Waals surface area contributed by atoms with Crippen molar-refractivity contribution in [3.05, 3.63) is 121 Å². The molecule has 0 unspecified atom stereocenters. The summed E-state index contributed by atoms with van der Waals surface area (Å²) >= 11 is 1.61. The number of hydrogen-bond acceptors (Lipinski definition) is 5. The Morgan fingerprint density at radius 3 is 2.56 bits per heavy atom. The van der Waals surface area contributed by atoms with Crippen molar-refractivity contribution in [3.8, 4) is 11.3 Å². The molecule has 3 aromatic carbocycles. The Balaban J connectivity index is 1.62. The van der Waals surface area contributed by atoms with E-state index in [1.165, 1.54) is 13.1 Å². The van der Waals surface area contributed by atoms with Crippen molar-refractivity contribution < 1.29 is 9.90 Å². The smallest absolute Gasteiger partial charge is 0.335 e. The molecule has 8 nitrogen and oxygen atoms in total. The molecule has 6 rings (SSSR count). The van der Waals surface area contributed by atoms with Crippen molar-refractivity contribution in [1.82, 2.24) is 18.9 Å². The van der Waals surface area contributed by atoms with E-state index >= 15 is 0 Å². The Hall–Kier alpha value is -4.76. The first kappa shape index (κ1) is 24.6. The number of benzene rings is 3. The summed E-state index contributed by atoms with van der Waals surface area (Å²) in [6, 6.07) is 24.5. The Labute approximate surface area is 226 Å². The van der Waals surface area contributed by atoms with Gasteiger partial charge in [0.15, 0.2) is 5.65 Å². The molecule has 0 aliphatic carbocycles. The summed E-state index contributed by atoms with van der Waals surface area (Å²) in [7, 11) is 1.46. The number of rotatable bonds is 7. The molecule has 0 radical (unpaired) electrons. The minimum Gasteiger partial charge on any atom is -0.478 e. The number of hydrogen-bond donors (Lipinski definition) is 1. The van der Waals surface area contributed by atoms with Gasteiger partial charge in [-0.25, -0.2) is 9.59 Å². The van der Waals surface area contributed by atoms with Crippen molar-refractivity contribution in [2.24, 2.45) is 7.05 Å². The Bertz CT molecular complexity index is 1980. The van der Waals surface area contributed by atoms with Crippen LogP contribution in [0.1, 0.15) is 20.8 Å². The van der Waals surface area contributed by atoms with E-state index < -0.39 is 17.2 Å². The standard InChI is InChI=1S/C30H24N4O4S/c1-32-28(35)25-26(20-9-5-10-21(17-20)29(36)37)34(18-22-11-4-8-19-7-2-3-13-24(19)22)31-27(25)33(30(32)38)15-14-23-12-6-16-39-23/h2-13,16-17H,14-15,18H2,1H3,(H,36,37). The molecule has 0 amide bonds. The van der Waals surface area contributed by atoms with Gasteiger partial charge in [0, 0.05) is 24.0 Å². The molecule has 0 saturated heterocycles. The quantitative estimate of drug-likeness (QED) is 0.317. The maximum absolute atomic E-state index is 13.6. The summed E-state index contributed by atoms with van der Waals surface area (Å²) in [5, 5.41) is 18.9. The predicted molar refractivity (Wildman–Crippen MR) is 153 cm³/mol. The van der Waals surface area contributed by atoms with Gasteiger partial charge >= 0.3 is 11.7 Å². The molecule has 0 spiro atoms. The van der Waals surface area contributed by atoms with Crippen LogP contribution in [0, 0.1) is 0 Å². The predicted octanol–water partition coefficient (Wildman–Crippen LogP) is 4.77. The van der Waals surface area contributed by atoms with Gasteiger partial charge in [0.2, 0.25) is 0 Å². The van der Waals surface area contributed by atoms with Gasteiger partial charge in [-0.3, -0.25) is 18.6 Å². The van der Waals surface area contributed by atoms with Gasteiger partial charge in [-0.15, -0.1) is 11.3 Å². The minimum absolute atomic E-state index is 0.0985. The van der Waals surface area contributed by atoms with E-state index in [0.29, 0.717) is 30.8 Å². The fourth-order valence-electron chi connectivity index (χ4n) is 5.04. The van der Waals surface area contributed by atoms with Gasteiger partial charge in [0.1, 0.15) is 5.39 Å². The van der Waals surface area contributed by atoms with E-state index in [4.69, 9.17) is 5.10 Å². The monoisotopic (exact) mass is 536 g/mol. The van der Waals surface area contributed by atoms with Crippen LogP contribution in [-0.4, -0.2) is 30.0 Å². The first-order valence-electron chi connectivity index (χ1n) is 12.5. The molecule has 0 atom stereocenters. The molecule has 0 aliphatic heterocycles. The molecule has 6 aromatic rings. The van der Waals surface area contributed by atoms with Gasteiger partial charge in [0.05, 0.1) is 17.8 Å². The zero-order chi connectivity index (χ0) is 27.1. The lowest BCUT2D eigenvalue weighted by Gasteiger charge is -2.11. The summed E-state index contributed by atoms with van der Waals surface area (Å²) in [4.78, 5) is 39.8. The minimum atomic E-state index is -1.07. The number of fused-ring (bicyclic) bond motifs is 2. The average Bonchev–Trinajstić information content (AvgIpc) is 3.60. The van der Waals surface area contributed by atoms with Crippen LogP contribution in [0.15, 0.2) is 93.8 Å². The van der Waals surface area contributed by atoms with E-state index in [0.717, 1.165) is 25.8 Å². The summed E-state index contributed by atoms with van der Waals surface area (Å²) < 4.78 is 4.36. The second-order valence-corrected chi connectivity index (χ2v) is 10.4. The van der Waals surface area contributed by atoms with Gasteiger partial charge in [-0.2, -0.15) is 5.10 Å². The number of thiophene rings is 1. The van der Waals surface area contributed by atoms with Crippen molar-refractivity contribution in [3.63, 3.8) is 0 Å². The highest BCUT2D eigenvalue weighted by atomic mass is 32.1. The number of carboxylic acid groups (broad SMARTS) is 1. The van der Waals surface area contributed by atoms with E-state index in [1.54, 1.807) is 38.8 Å².